The van der Waals surface area contributed by atoms with Crippen molar-refractivity contribution in [1.82, 2.24) is 9.62 Å². The normalized spacial score (nSPS) is 21.1. The van der Waals surface area contributed by atoms with Crippen LogP contribution in [-0.4, -0.2) is 45.6 Å². The monoisotopic (exact) mass is 318 g/mol. The maximum absolute atomic E-state index is 12.7. The van der Waals surface area contributed by atoms with Crippen LogP contribution in [0.4, 0.5) is 0 Å². The van der Waals surface area contributed by atoms with Crippen LogP contribution in [0.1, 0.15) is 12.5 Å². The van der Waals surface area contributed by atoms with Gasteiger partial charge < -0.3 is 10.1 Å². The van der Waals surface area contributed by atoms with Gasteiger partial charge in [-0.15, -0.1) is 0 Å². The summed E-state index contributed by atoms with van der Waals surface area (Å²) in [6.07, 6.45) is 0. The average Bonchev–Trinajstić information content (AvgIpc) is 2.41. The van der Waals surface area contributed by atoms with Crippen LogP contribution in [0.2, 0.25) is 5.02 Å². The Morgan fingerprint density at radius 2 is 2.25 bits per heavy atom. The van der Waals surface area contributed by atoms with Gasteiger partial charge in [-0.25, -0.2) is 8.42 Å². The summed E-state index contributed by atoms with van der Waals surface area (Å²) in [5.74, 6) is 0. The predicted octanol–water partition coefficient (Wildman–Crippen LogP) is 1.47. The number of hydrogen-bond donors (Lipinski definition) is 1. The Labute approximate surface area is 124 Å². The molecule has 1 N–H and O–H groups in total. The molecule has 1 aliphatic heterocycles. The highest BCUT2D eigenvalue weighted by Crippen LogP contribution is 2.28. The van der Waals surface area contributed by atoms with Crippen LogP contribution >= 0.6 is 11.6 Å². The second kappa shape index (κ2) is 6.41. The van der Waals surface area contributed by atoms with Gasteiger partial charge in [0.2, 0.25) is 10.0 Å². The molecular formula is C13H19ClN2O3S. The van der Waals surface area contributed by atoms with E-state index in [2.05, 4.69) is 5.32 Å². The third kappa shape index (κ3) is 3.15. The lowest BCUT2D eigenvalue weighted by atomic mass is 10.2. The molecule has 1 fully saturated rings. The van der Waals surface area contributed by atoms with Gasteiger partial charge in [-0.3, -0.25) is 0 Å². The Morgan fingerprint density at radius 3 is 2.90 bits per heavy atom. The quantitative estimate of drug-likeness (QED) is 0.913. The number of ether oxygens (including phenoxy) is 1. The molecule has 1 atom stereocenters. The molecule has 0 spiro atoms. The summed E-state index contributed by atoms with van der Waals surface area (Å²) in [5.41, 5.74) is 0.886. The van der Waals surface area contributed by atoms with E-state index in [1.807, 2.05) is 20.0 Å². The van der Waals surface area contributed by atoms with Crippen molar-refractivity contribution in [2.75, 3.05) is 26.8 Å². The van der Waals surface area contributed by atoms with Crippen molar-refractivity contribution in [2.45, 2.75) is 24.4 Å². The zero-order valence-electron chi connectivity index (χ0n) is 11.6. The Morgan fingerprint density at radius 1 is 1.50 bits per heavy atom. The lowest BCUT2D eigenvalue weighted by Gasteiger charge is -2.32. The molecule has 5 nitrogen and oxygen atoms in total. The molecule has 20 heavy (non-hydrogen) atoms. The summed E-state index contributed by atoms with van der Waals surface area (Å²) < 4.78 is 32.2. The van der Waals surface area contributed by atoms with E-state index in [1.165, 1.54) is 4.31 Å². The van der Waals surface area contributed by atoms with E-state index in [4.69, 9.17) is 16.3 Å². The molecule has 0 aliphatic carbocycles. The molecular weight excluding hydrogens is 300 g/mol. The third-order valence-electron chi connectivity index (χ3n) is 3.27. The fourth-order valence-electron chi connectivity index (χ4n) is 2.25. The maximum Gasteiger partial charge on any atom is 0.244 e. The molecule has 1 heterocycles. The Kier molecular flexibility index (Phi) is 5.04. The van der Waals surface area contributed by atoms with Crippen molar-refractivity contribution >= 4 is 21.6 Å². The highest BCUT2D eigenvalue weighted by Gasteiger charge is 2.32. The molecule has 0 aromatic heterocycles. The molecule has 1 saturated heterocycles. The van der Waals surface area contributed by atoms with E-state index in [0.717, 1.165) is 5.56 Å². The number of benzene rings is 1. The molecule has 1 aliphatic rings. The molecule has 0 radical (unpaired) electrons. The van der Waals surface area contributed by atoms with Gasteiger partial charge in [0.1, 0.15) is 4.90 Å². The first-order valence-electron chi connectivity index (χ1n) is 6.49. The van der Waals surface area contributed by atoms with Crippen molar-refractivity contribution < 1.29 is 13.2 Å². The molecule has 1 aromatic carbocycles. The van der Waals surface area contributed by atoms with Crippen LogP contribution in [0.25, 0.3) is 0 Å². The van der Waals surface area contributed by atoms with Gasteiger partial charge in [0.25, 0.3) is 0 Å². The number of nitrogens with zero attached hydrogens (tertiary/aromatic N) is 1. The molecule has 1 aromatic rings. The SMILES string of the molecule is CNCc1ccc(Cl)c(S(=O)(=O)N2CCOCC2C)c1. The summed E-state index contributed by atoms with van der Waals surface area (Å²) in [5, 5.41) is 3.25. The fourth-order valence-corrected chi connectivity index (χ4v) is 4.38. The average molecular weight is 319 g/mol. The van der Waals surface area contributed by atoms with Gasteiger partial charge in [-0.2, -0.15) is 4.31 Å². The number of morpholine rings is 1. The van der Waals surface area contributed by atoms with E-state index < -0.39 is 10.0 Å². The van der Waals surface area contributed by atoms with Crippen molar-refractivity contribution in [2.24, 2.45) is 0 Å². The number of halogens is 1. The van der Waals surface area contributed by atoms with Crippen LogP contribution in [0.3, 0.4) is 0 Å². The second-order valence-electron chi connectivity index (χ2n) is 4.83. The zero-order chi connectivity index (χ0) is 14.8. The summed E-state index contributed by atoms with van der Waals surface area (Å²) in [7, 11) is -1.78. The lowest BCUT2D eigenvalue weighted by Crippen LogP contribution is -2.47. The van der Waals surface area contributed by atoms with Crippen molar-refractivity contribution in [1.29, 1.82) is 0 Å². The Balaban J connectivity index is 2.40. The highest BCUT2D eigenvalue weighted by atomic mass is 35.5. The molecule has 2 rings (SSSR count). The van der Waals surface area contributed by atoms with E-state index >= 15 is 0 Å². The van der Waals surface area contributed by atoms with E-state index in [9.17, 15) is 8.42 Å². The fraction of sp³-hybridized carbons (Fsp3) is 0.538. The van der Waals surface area contributed by atoms with Gasteiger partial charge in [0, 0.05) is 19.1 Å². The molecule has 0 bridgehead atoms. The second-order valence-corrected chi connectivity index (χ2v) is 7.10. The molecule has 0 amide bonds. The minimum Gasteiger partial charge on any atom is -0.378 e. The van der Waals surface area contributed by atoms with E-state index in [0.29, 0.717) is 26.3 Å². The summed E-state index contributed by atoms with van der Waals surface area (Å²) in [4.78, 5) is 0.167. The minimum absolute atomic E-state index is 0.167. The largest absolute Gasteiger partial charge is 0.378 e. The number of nitrogens with one attached hydrogen (secondary N) is 1. The van der Waals surface area contributed by atoms with Crippen LogP contribution in [-0.2, 0) is 21.3 Å². The first-order valence-corrected chi connectivity index (χ1v) is 8.31. The maximum atomic E-state index is 12.7. The Hall–Kier alpha value is -0.660. The van der Waals surface area contributed by atoms with Crippen LogP contribution in [0, 0.1) is 0 Å². The van der Waals surface area contributed by atoms with Gasteiger partial charge in [0.05, 0.1) is 18.2 Å². The van der Waals surface area contributed by atoms with Crippen LogP contribution in [0.5, 0.6) is 0 Å². The summed E-state index contributed by atoms with van der Waals surface area (Å²) in [6.45, 7) is 3.61. The van der Waals surface area contributed by atoms with Gasteiger partial charge in [-0.05, 0) is 31.7 Å². The standard InChI is InChI=1S/C13H19ClN2O3S/c1-10-9-19-6-5-16(10)20(17,18)13-7-11(8-15-2)3-4-12(13)14/h3-4,7,10,15H,5-6,8-9H2,1-2H3. The van der Waals surface area contributed by atoms with Gasteiger partial charge in [0.15, 0.2) is 0 Å². The van der Waals surface area contributed by atoms with Gasteiger partial charge >= 0.3 is 0 Å². The lowest BCUT2D eigenvalue weighted by molar-refractivity contribution is 0.0393. The molecule has 1 unspecified atom stereocenters. The van der Waals surface area contributed by atoms with Crippen molar-refractivity contribution in [3.63, 3.8) is 0 Å². The Bertz CT molecular complexity index is 577. The number of sulfonamides is 1. The predicted molar refractivity (Wildman–Crippen MR) is 78.4 cm³/mol. The first-order chi connectivity index (χ1) is 9.46. The number of hydrogen-bond acceptors (Lipinski definition) is 4. The smallest absolute Gasteiger partial charge is 0.244 e. The van der Waals surface area contributed by atoms with E-state index in [-0.39, 0.29) is 16.0 Å². The first kappa shape index (κ1) is 15.7. The minimum atomic E-state index is -3.59. The summed E-state index contributed by atoms with van der Waals surface area (Å²) >= 11 is 6.09. The number of rotatable bonds is 4. The van der Waals surface area contributed by atoms with Crippen molar-refractivity contribution in [3.8, 4) is 0 Å². The zero-order valence-corrected chi connectivity index (χ0v) is 13.2. The van der Waals surface area contributed by atoms with Crippen LogP contribution < -0.4 is 5.32 Å². The van der Waals surface area contributed by atoms with Crippen molar-refractivity contribution in [3.05, 3.63) is 28.8 Å². The van der Waals surface area contributed by atoms with Crippen LogP contribution in [0.15, 0.2) is 23.1 Å². The summed E-state index contributed by atoms with van der Waals surface area (Å²) in [6, 6.07) is 4.90. The highest BCUT2D eigenvalue weighted by molar-refractivity contribution is 7.89. The molecule has 112 valence electrons. The topological polar surface area (TPSA) is 58.6 Å². The third-order valence-corrected chi connectivity index (χ3v) is 5.76. The molecule has 7 heteroatoms. The van der Waals surface area contributed by atoms with Gasteiger partial charge in [-0.1, -0.05) is 17.7 Å². The molecule has 0 saturated carbocycles. The van der Waals surface area contributed by atoms with E-state index in [1.54, 1.807) is 12.1 Å².